The number of unbranched alkanes of at least 4 members (excludes halogenated alkanes) is 2. The molecule has 9 nitrogen and oxygen atoms in total. The van der Waals surface area contributed by atoms with Gasteiger partial charge in [0.15, 0.2) is 0 Å². The summed E-state index contributed by atoms with van der Waals surface area (Å²) in [6.45, 7) is 14.5. The summed E-state index contributed by atoms with van der Waals surface area (Å²) in [5, 5.41) is 7.08. The van der Waals surface area contributed by atoms with Crippen molar-refractivity contribution >= 4 is 29.7 Å². The van der Waals surface area contributed by atoms with Crippen LogP contribution in [0.4, 0.5) is 13.2 Å². The molecule has 0 aliphatic carbocycles. The summed E-state index contributed by atoms with van der Waals surface area (Å²) in [6.07, 6.45) is 7.01. The van der Waals surface area contributed by atoms with E-state index in [1.54, 1.807) is 17.8 Å². The van der Waals surface area contributed by atoms with E-state index in [2.05, 4.69) is 36.6 Å². The van der Waals surface area contributed by atoms with Crippen molar-refractivity contribution < 1.29 is 18.0 Å². The molecule has 2 N–H and O–H groups in total. The van der Waals surface area contributed by atoms with Gasteiger partial charge in [-0.3, -0.25) is 18.9 Å². The highest BCUT2D eigenvalue weighted by Gasteiger charge is 2.35. The highest BCUT2D eigenvalue weighted by Crippen LogP contribution is 2.28. The van der Waals surface area contributed by atoms with Gasteiger partial charge in [-0.25, -0.2) is 9.78 Å². The number of amides is 1. The van der Waals surface area contributed by atoms with E-state index in [-0.39, 0.29) is 12.1 Å². The van der Waals surface area contributed by atoms with Gasteiger partial charge in [0, 0.05) is 24.5 Å². The largest absolute Gasteiger partial charge is 0.408 e. The summed E-state index contributed by atoms with van der Waals surface area (Å²) in [4.78, 5) is 31.4. The molecule has 0 fully saturated rings. The Bertz CT molecular complexity index is 1740. The molecule has 1 unspecified atom stereocenters. The van der Waals surface area contributed by atoms with Crippen LogP contribution in [0.1, 0.15) is 58.1 Å². The summed E-state index contributed by atoms with van der Waals surface area (Å²) in [6, 6.07) is 10.4. The van der Waals surface area contributed by atoms with Crippen molar-refractivity contribution in [2.75, 3.05) is 0 Å². The van der Waals surface area contributed by atoms with Crippen molar-refractivity contribution in [2.45, 2.75) is 79.6 Å². The number of carbonyl (C=O) groups excluding carboxylic acids is 1. The molecule has 0 spiro atoms. The van der Waals surface area contributed by atoms with Gasteiger partial charge in [0.1, 0.15) is 6.04 Å². The highest BCUT2D eigenvalue weighted by atomic mass is 19.4. The Morgan fingerprint density at radius 1 is 1.04 bits per heavy atom. The van der Waals surface area contributed by atoms with E-state index < -0.39 is 12.2 Å². The third-order valence-corrected chi connectivity index (χ3v) is 7.04. The minimum absolute atomic E-state index is 0.0105. The molecule has 0 bridgehead atoms. The molecular formula is C33H42F3N7O2. The van der Waals surface area contributed by atoms with Gasteiger partial charge in [-0.2, -0.15) is 13.2 Å². The number of nitrogens with one attached hydrogen (secondary N) is 2. The minimum atomic E-state index is -4.33. The summed E-state index contributed by atoms with van der Waals surface area (Å²) < 4.78 is 39.9. The fourth-order valence-electron chi connectivity index (χ4n) is 4.68. The van der Waals surface area contributed by atoms with Crippen LogP contribution in [-0.4, -0.2) is 48.8 Å². The van der Waals surface area contributed by atoms with Crippen molar-refractivity contribution in [1.82, 2.24) is 28.8 Å². The van der Waals surface area contributed by atoms with E-state index in [0.29, 0.717) is 6.54 Å². The summed E-state index contributed by atoms with van der Waals surface area (Å²) in [7, 11) is 0. The molecular weight excluding hydrogens is 583 g/mol. The topological polar surface area (TPSA) is 110 Å². The molecule has 45 heavy (non-hydrogen) atoms. The van der Waals surface area contributed by atoms with Crippen LogP contribution in [0.5, 0.6) is 0 Å². The Kier molecular flexibility index (Phi) is 13.7. The predicted molar refractivity (Wildman–Crippen MR) is 174 cm³/mol. The van der Waals surface area contributed by atoms with Gasteiger partial charge in [-0.05, 0) is 63.7 Å². The minimum Gasteiger partial charge on any atom is -0.347 e. The molecule has 0 saturated heterocycles. The van der Waals surface area contributed by atoms with Gasteiger partial charge in [0.05, 0.1) is 40.5 Å². The first kappa shape index (κ1) is 36.5. The smallest absolute Gasteiger partial charge is 0.347 e. The van der Waals surface area contributed by atoms with Gasteiger partial charge in [-0.15, -0.1) is 0 Å². The third-order valence-electron chi connectivity index (χ3n) is 7.04. The molecule has 5 rings (SSSR count). The molecule has 0 aliphatic rings. The molecule has 1 atom stereocenters. The number of halogens is 3. The molecule has 1 amide bonds. The maximum absolute atomic E-state index is 13.2. The van der Waals surface area contributed by atoms with E-state index in [0.717, 1.165) is 51.5 Å². The van der Waals surface area contributed by atoms with Gasteiger partial charge < -0.3 is 15.1 Å². The first-order chi connectivity index (χ1) is 21.5. The summed E-state index contributed by atoms with van der Waals surface area (Å²) in [5.41, 5.74) is 7.75. The van der Waals surface area contributed by atoms with Crippen LogP contribution in [0.25, 0.3) is 33.5 Å². The first-order valence-corrected chi connectivity index (χ1v) is 14.7. The lowest BCUT2D eigenvalue weighted by molar-refractivity contribution is -0.154. The van der Waals surface area contributed by atoms with Crippen LogP contribution < -0.4 is 11.0 Å². The number of rotatable bonds is 7. The molecule has 12 heteroatoms. The lowest BCUT2D eigenvalue weighted by atomic mass is 10.1. The Morgan fingerprint density at radius 3 is 2.27 bits per heavy atom. The second-order valence-electron chi connectivity index (χ2n) is 10.2. The zero-order valence-electron chi connectivity index (χ0n) is 26.7. The van der Waals surface area contributed by atoms with E-state index in [9.17, 15) is 22.8 Å². The quantitative estimate of drug-likeness (QED) is 0.146. The molecule has 2 aromatic carbocycles. The summed E-state index contributed by atoms with van der Waals surface area (Å²) in [5.74, 6) is 0. The Labute approximate surface area is 261 Å². The number of nitrogens with zero attached hydrogens (tertiary/aromatic N) is 5. The van der Waals surface area contributed by atoms with Crippen LogP contribution in [0.15, 0.2) is 66.1 Å². The van der Waals surface area contributed by atoms with Gasteiger partial charge in [0.25, 0.3) is 0 Å². The third kappa shape index (κ3) is 8.68. The molecule has 5 aromatic rings. The molecule has 3 aromatic heterocycles. The fraction of sp³-hybridized carbons (Fsp3) is 0.364. The average Bonchev–Trinajstić information content (AvgIpc) is 3.61. The van der Waals surface area contributed by atoms with E-state index in [4.69, 9.17) is 5.41 Å². The molecule has 0 radical (unpaired) electrons. The number of aryl methyl sites for hydroxylation is 3. The maximum Gasteiger partial charge on any atom is 0.408 e. The Morgan fingerprint density at radius 2 is 1.73 bits per heavy atom. The maximum atomic E-state index is 13.2. The van der Waals surface area contributed by atoms with Crippen molar-refractivity contribution in [3.05, 3.63) is 82.9 Å². The Balaban J connectivity index is 0.000000369. The number of carbonyl (C=O) groups is 1. The van der Waals surface area contributed by atoms with E-state index in [1.807, 2.05) is 77.0 Å². The van der Waals surface area contributed by atoms with Crippen LogP contribution >= 0.6 is 0 Å². The number of para-hydroxylation sites is 1. The number of hydrogen-bond acceptors (Lipinski definition) is 5. The zero-order valence-corrected chi connectivity index (χ0v) is 26.7. The zero-order chi connectivity index (χ0) is 33.7. The summed E-state index contributed by atoms with van der Waals surface area (Å²) >= 11 is 0. The normalized spacial score (nSPS) is 11.4. The molecule has 0 aliphatic heterocycles. The average molecular weight is 626 g/mol. The number of hydrogen-bond donors (Lipinski definition) is 2. The lowest BCUT2D eigenvalue weighted by Gasteiger charge is -2.13. The van der Waals surface area contributed by atoms with Crippen LogP contribution in [0.2, 0.25) is 0 Å². The highest BCUT2D eigenvalue weighted by molar-refractivity contribution is 5.83. The standard InChI is InChI=1S/C23H21N5O.C5H12.C4H6F3NO.CH3N/c1-4-27-19-7-5-6-15(2)22(19)28(23(27)29)18-9-8-17(12-16(18)3)21-20-13-24-14-26(20)11-10-25-21;1-3-5-4-2;1-3(8-2-9)4(5,6)7;1-2/h5-14H,4H2,1-3H3;3-5H2,1-2H3;2-3H,1H3,(H,8,9);2H,1H2. The van der Waals surface area contributed by atoms with Crippen molar-refractivity contribution in [3.63, 3.8) is 0 Å². The van der Waals surface area contributed by atoms with Crippen molar-refractivity contribution in [1.29, 1.82) is 5.41 Å². The number of benzene rings is 2. The van der Waals surface area contributed by atoms with Crippen LogP contribution in [0.3, 0.4) is 0 Å². The molecule has 242 valence electrons. The van der Waals surface area contributed by atoms with Gasteiger partial charge in [0.2, 0.25) is 6.41 Å². The van der Waals surface area contributed by atoms with Crippen molar-refractivity contribution in [3.8, 4) is 16.9 Å². The monoisotopic (exact) mass is 625 g/mol. The van der Waals surface area contributed by atoms with Gasteiger partial charge >= 0.3 is 11.9 Å². The SMILES string of the molecule is C=N.CC(NC=O)C(F)(F)F.CCCCC.CCn1c(=O)n(-c2ccc(-c3nccn4cncc34)cc2C)c2c(C)cccc21. The predicted octanol–water partition coefficient (Wildman–Crippen LogP) is 7.28. The fourth-order valence-corrected chi connectivity index (χ4v) is 4.68. The number of alkyl halides is 3. The van der Waals surface area contributed by atoms with E-state index >= 15 is 0 Å². The molecule has 3 heterocycles. The first-order valence-electron chi connectivity index (χ1n) is 14.7. The lowest BCUT2D eigenvalue weighted by Crippen LogP contribution is -2.38. The molecule has 0 saturated carbocycles. The Hall–Kier alpha value is -4.74. The van der Waals surface area contributed by atoms with Crippen LogP contribution in [-0.2, 0) is 11.3 Å². The number of fused-ring (bicyclic) bond motifs is 2. The second kappa shape index (κ2) is 16.9. The number of aromatic nitrogens is 5. The van der Waals surface area contributed by atoms with Crippen molar-refractivity contribution in [2.24, 2.45) is 0 Å². The number of imidazole rings is 2. The van der Waals surface area contributed by atoms with E-state index in [1.165, 1.54) is 19.3 Å². The van der Waals surface area contributed by atoms with Gasteiger partial charge in [-0.1, -0.05) is 51.3 Å². The second-order valence-corrected chi connectivity index (χ2v) is 10.2. The van der Waals surface area contributed by atoms with Crippen LogP contribution in [0, 0.1) is 19.3 Å².